The maximum absolute atomic E-state index is 11.3. The molecule has 0 radical (unpaired) electrons. The summed E-state index contributed by atoms with van der Waals surface area (Å²) in [5, 5.41) is 0. The number of hydrogen-bond acceptors (Lipinski definition) is 4. The number of esters is 1. The summed E-state index contributed by atoms with van der Waals surface area (Å²) < 4.78 is 15.5. The minimum Gasteiger partial charge on any atom is -0.463 e. The van der Waals surface area contributed by atoms with Gasteiger partial charge in [0.1, 0.15) is 6.61 Å². The molecule has 2 rings (SSSR count). The Bertz CT molecular complexity index is 192. The van der Waals surface area contributed by atoms with Crippen LogP contribution in [0.1, 0.15) is 6.42 Å². The number of ether oxygens (including phenoxy) is 3. The Kier molecular flexibility index (Phi) is 2.80. The molecule has 0 amide bonds. The van der Waals surface area contributed by atoms with Crippen LogP contribution in [0.5, 0.6) is 0 Å². The lowest BCUT2D eigenvalue weighted by Crippen LogP contribution is -2.12. The maximum atomic E-state index is 11.3. The van der Waals surface area contributed by atoms with E-state index in [4.69, 9.17) is 14.2 Å². The van der Waals surface area contributed by atoms with Crippen molar-refractivity contribution < 1.29 is 19.0 Å². The zero-order chi connectivity index (χ0) is 9.10. The van der Waals surface area contributed by atoms with E-state index in [1.807, 2.05) is 0 Å². The van der Waals surface area contributed by atoms with Gasteiger partial charge < -0.3 is 14.2 Å². The van der Waals surface area contributed by atoms with Crippen molar-refractivity contribution in [1.82, 2.24) is 0 Å². The number of carbonyl (C=O) groups excluding carboxylic acids is 1. The van der Waals surface area contributed by atoms with Crippen LogP contribution in [-0.4, -0.2) is 39.0 Å². The van der Waals surface area contributed by atoms with Gasteiger partial charge >= 0.3 is 5.97 Å². The van der Waals surface area contributed by atoms with Crippen LogP contribution in [0, 0.1) is 11.8 Å². The quantitative estimate of drug-likeness (QED) is 0.507. The van der Waals surface area contributed by atoms with Crippen molar-refractivity contribution in [3.63, 3.8) is 0 Å². The molecule has 1 aliphatic carbocycles. The third kappa shape index (κ3) is 2.42. The Labute approximate surface area is 77.1 Å². The summed E-state index contributed by atoms with van der Waals surface area (Å²) in [4.78, 5) is 11.3. The summed E-state index contributed by atoms with van der Waals surface area (Å²) >= 11 is 0. The van der Waals surface area contributed by atoms with Crippen molar-refractivity contribution in [2.24, 2.45) is 11.8 Å². The second kappa shape index (κ2) is 4.07. The molecule has 2 fully saturated rings. The molecule has 74 valence electrons. The topological polar surface area (TPSA) is 44.8 Å². The van der Waals surface area contributed by atoms with Crippen LogP contribution in [-0.2, 0) is 19.0 Å². The number of fused-ring (bicyclic) bond motifs is 1. The molecule has 0 aromatic heterocycles. The first-order valence-corrected chi connectivity index (χ1v) is 4.70. The highest BCUT2D eigenvalue weighted by Gasteiger charge is 2.44. The van der Waals surface area contributed by atoms with Gasteiger partial charge in [0.2, 0.25) is 0 Å². The van der Waals surface area contributed by atoms with Crippen LogP contribution in [0.3, 0.4) is 0 Å². The highest BCUT2D eigenvalue weighted by molar-refractivity contribution is 5.75. The standard InChI is InChI=1S/C9H14O4/c10-9-8-5-7(8)6-12-2-1-11-3-4-13-9/h7-8H,1-6H2/t7-,8+/m0/s1. The van der Waals surface area contributed by atoms with Gasteiger partial charge in [-0.3, -0.25) is 4.79 Å². The maximum Gasteiger partial charge on any atom is 0.309 e. The van der Waals surface area contributed by atoms with Crippen LogP contribution in [0.15, 0.2) is 0 Å². The minimum atomic E-state index is -0.0842. The molecule has 0 aromatic carbocycles. The van der Waals surface area contributed by atoms with Gasteiger partial charge in [0, 0.05) is 0 Å². The van der Waals surface area contributed by atoms with E-state index in [0.29, 0.717) is 39.0 Å². The summed E-state index contributed by atoms with van der Waals surface area (Å²) in [6.07, 6.45) is 0.930. The number of cyclic esters (lactones) is 1. The van der Waals surface area contributed by atoms with Crippen LogP contribution in [0.2, 0.25) is 0 Å². The monoisotopic (exact) mass is 186 g/mol. The van der Waals surface area contributed by atoms with Gasteiger partial charge in [0.05, 0.1) is 32.3 Å². The molecule has 0 aromatic rings. The smallest absolute Gasteiger partial charge is 0.309 e. The lowest BCUT2D eigenvalue weighted by Gasteiger charge is -2.03. The molecule has 4 nitrogen and oxygen atoms in total. The normalized spacial score (nSPS) is 35.5. The van der Waals surface area contributed by atoms with Gasteiger partial charge in [-0.25, -0.2) is 0 Å². The molecule has 1 aliphatic heterocycles. The zero-order valence-corrected chi connectivity index (χ0v) is 7.53. The van der Waals surface area contributed by atoms with Gasteiger partial charge in [-0.05, 0) is 12.3 Å². The lowest BCUT2D eigenvalue weighted by atomic mass is 10.3. The second-order valence-corrected chi connectivity index (χ2v) is 3.46. The summed E-state index contributed by atoms with van der Waals surface area (Å²) in [7, 11) is 0. The number of carbonyl (C=O) groups is 1. The van der Waals surface area contributed by atoms with Gasteiger partial charge in [-0.2, -0.15) is 0 Å². The largest absolute Gasteiger partial charge is 0.463 e. The van der Waals surface area contributed by atoms with E-state index >= 15 is 0 Å². The third-order valence-corrected chi connectivity index (χ3v) is 2.40. The summed E-state index contributed by atoms with van der Waals surface area (Å²) in [5.41, 5.74) is 0. The van der Waals surface area contributed by atoms with E-state index < -0.39 is 0 Å². The molecular formula is C9H14O4. The van der Waals surface area contributed by atoms with Crippen LogP contribution in [0.4, 0.5) is 0 Å². The van der Waals surface area contributed by atoms with Gasteiger partial charge in [-0.1, -0.05) is 0 Å². The molecule has 0 unspecified atom stereocenters. The van der Waals surface area contributed by atoms with E-state index in [-0.39, 0.29) is 11.9 Å². The van der Waals surface area contributed by atoms with Crippen molar-refractivity contribution in [1.29, 1.82) is 0 Å². The van der Waals surface area contributed by atoms with Crippen molar-refractivity contribution in [3.05, 3.63) is 0 Å². The minimum absolute atomic E-state index is 0.0842. The summed E-state index contributed by atoms with van der Waals surface area (Å²) in [6.45, 7) is 2.74. The van der Waals surface area contributed by atoms with E-state index in [1.165, 1.54) is 0 Å². The third-order valence-electron chi connectivity index (χ3n) is 2.40. The molecule has 2 aliphatic rings. The highest BCUT2D eigenvalue weighted by atomic mass is 16.6. The Morgan fingerprint density at radius 3 is 2.77 bits per heavy atom. The fourth-order valence-electron chi connectivity index (χ4n) is 1.48. The highest BCUT2D eigenvalue weighted by Crippen LogP contribution is 2.39. The first-order valence-electron chi connectivity index (χ1n) is 4.70. The predicted molar refractivity (Wildman–Crippen MR) is 44.2 cm³/mol. The van der Waals surface area contributed by atoms with Crippen molar-refractivity contribution >= 4 is 5.97 Å². The summed E-state index contributed by atoms with van der Waals surface area (Å²) in [6, 6.07) is 0. The average molecular weight is 186 g/mol. The van der Waals surface area contributed by atoms with Crippen LogP contribution < -0.4 is 0 Å². The zero-order valence-electron chi connectivity index (χ0n) is 7.53. The van der Waals surface area contributed by atoms with Gasteiger partial charge in [0.15, 0.2) is 0 Å². The molecule has 1 heterocycles. The van der Waals surface area contributed by atoms with Crippen molar-refractivity contribution in [2.75, 3.05) is 33.0 Å². The number of rotatable bonds is 0. The molecule has 1 saturated heterocycles. The fourth-order valence-corrected chi connectivity index (χ4v) is 1.48. The first kappa shape index (κ1) is 8.97. The lowest BCUT2D eigenvalue weighted by molar-refractivity contribution is -0.147. The predicted octanol–water partition coefficient (Wildman–Crippen LogP) is 0.212. The molecule has 0 spiro atoms. The van der Waals surface area contributed by atoms with Crippen LogP contribution in [0.25, 0.3) is 0 Å². The molecule has 13 heavy (non-hydrogen) atoms. The van der Waals surface area contributed by atoms with Gasteiger partial charge in [0.25, 0.3) is 0 Å². The van der Waals surface area contributed by atoms with Gasteiger partial charge in [-0.15, -0.1) is 0 Å². The first-order chi connectivity index (χ1) is 6.38. The van der Waals surface area contributed by atoms with E-state index in [0.717, 1.165) is 6.42 Å². The molecule has 0 bridgehead atoms. The number of hydrogen-bond donors (Lipinski definition) is 0. The average Bonchev–Trinajstić information content (AvgIpc) is 2.87. The Balaban J connectivity index is 1.81. The Morgan fingerprint density at radius 1 is 1.08 bits per heavy atom. The summed E-state index contributed by atoms with van der Waals surface area (Å²) in [5.74, 6) is 0.405. The van der Waals surface area contributed by atoms with Crippen molar-refractivity contribution in [2.45, 2.75) is 6.42 Å². The Hall–Kier alpha value is -0.610. The molecular weight excluding hydrogens is 172 g/mol. The molecule has 0 N–H and O–H groups in total. The second-order valence-electron chi connectivity index (χ2n) is 3.46. The van der Waals surface area contributed by atoms with E-state index in [2.05, 4.69) is 0 Å². The van der Waals surface area contributed by atoms with E-state index in [1.54, 1.807) is 0 Å². The Morgan fingerprint density at radius 2 is 1.85 bits per heavy atom. The molecule has 4 heteroatoms. The van der Waals surface area contributed by atoms with Crippen molar-refractivity contribution in [3.8, 4) is 0 Å². The molecule has 1 saturated carbocycles. The van der Waals surface area contributed by atoms with Crippen LogP contribution >= 0.6 is 0 Å². The SMILES string of the molecule is O=C1OCCOCCOC[C@@H]2C[C@@H]12. The van der Waals surface area contributed by atoms with E-state index in [9.17, 15) is 4.79 Å². The molecule has 2 atom stereocenters. The fraction of sp³-hybridized carbons (Fsp3) is 0.889.